The molecule has 1 aromatic rings. The molecule has 1 N–H and O–H groups in total. The van der Waals surface area contributed by atoms with Gasteiger partial charge in [0.1, 0.15) is 12.2 Å². The molecule has 0 aliphatic carbocycles. The Morgan fingerprint density at radius 2 is 1.92 bits per heavy atom. The SMILES string of the molecule is CCc1ccc(C2CN(C(=O)[C@@H]3CC[C@H](C(=O)O)O3)CCO2)cc1. The molecule has 1 unspecified atom stereocenters. The molecule has 6 heteroatoms. The molecule has 0 radical (unpaired) electrons. The van der Waals surface area contributed by atoms with Gasteiger partial charge in [0, 0.05) is 6.54 Å². The van der Waals surface area contributed by atoms with Crippen molar-refractivity contribution in [1.29, 1.82) is 0 Å². The zero-order valence-electron chi connectivity index (χ0n) is 13.8. The van der Waals surface area contributed by atoms with E-state index in [0.717, 1.165) is 12.0 Å². The Kier molecular flexibility index (Phi) is 5.16. The molecule has 24 heavy (non-hydrogen) atoms. The molecule has 0 saturated carbocycles. The molecular weight excluding hydrogens is 310 g/mol. The highest BCUT2D eigenvalue weighted by molar-refractivity contribution is 5.82. The van der Waals surface area contributed by atoms with E-state index >= 15 is 0 Å². The number of aryl methyl sites for hydroxylation is 1. The number of benzene rings is 1. The van der Waals surface area contributed by atoms with Gasteiger partial charge in [0.25, 0.3) is 5.91 Å². The van der Waals surface area contributed by atoms with E-state index in [9.17, 15) is 9.59 Å². The lowest BCUT2D eigenvalue weighted by Crippen LogP contribution is -2.46. The van der Waals surface area contributed by atoms with Crippen LogP contribution in [0.1, 0.15) is 37.0 Å². The molecule has 2 saturated heterocycles. The Balaban J connectivity index is 1.62. The van der Waals surface area contributed by atoms with Crippen LogP contribution in [0.4, 0.5) is 0 Å². The van der Waals surface area contributed by atoms with Crippen molar-refractivity contribution < 1.29 is 24.2 Å². The lowest BCUT2D eigenvalue weighted by molar-refractivity contribution is -0.158. The number of rotatable bonds is 4. The van der Waals surface area contributed by atoms with Gasteiger partial charge in [0.05, 0.1) is 13.2 Å². The van der Waals surface area contributed by atoms with E-state index in [-0.39, 0.29) is 12.0 Å². The van der Waals surface area contributed by atoms with Crippen LogP contribution in [0, 0.1) is 0 Å². The van der Waals surface area contributed by atoms with Crippen LogP contribution >= 0.6 is 0 Å². The monoisotopic (exact) mass is 333 g/mol. The Hall–Kier alpha value is -1.92. The van der Waals surface area contributed by atoms with Gasteiger partial charge in [-0.15, -0.1) is 0 Å². The Morgan fingerprint density at radius 1 is 1.21 bits per heavy atom. The summed E-state index contributed by atoms with van der Waals surface area (Å²) in [5.74, 6) is -1.13. The summed E-state index contributed by atoms with van der Waals surface area (Å²) >= 11 is 0. The van der Waals surface area contributed by atoms with E-state index in [2.05, 4.69) is 19.1 Å². The number of aliphatic carboxylic acids is 1. The maximum Gasteiger partial charge on any atom is 0.332 e. The van der Waals surface area contributed by atoms with Gasteiger partial charge in [-0.3, -0.25) is 4.79 Å². The van der Waals surface area contributed by atoms with Gasteiger partial charge in [-0.2, -0.15) is 0 Å². The molecule has 0 bridgehead atoms. The average molecular weight is 333 g/mol. The van der Waals surface area contributed by atoms with Gasteiger partial charge in [-0.1, -0.05) is 31.2 Å². The second kappa shape index (κ2) is 7.32. The van der Waals surface area contributed by atoms with Crippen LogP contribution in [0.3, 0.4) is 0 Å². The molecule has 2 aliphatic heterocycles. The lowest BCUT2D eigenvalue weighted by atomic mass is 10.0. The second-order valence-electron chi connectivity index (χ2n) is 6.27. The first kappa shape index (κ1) is 16.9. The second-order valence-corrected chi connectivity index (χ2v) is 6.27. The summed E-state index contributed by atoms with van der Waals surface area (Å²) in [4.78, 5) is 25.3. The molecule has 130 valence electrons. The molecule has 0 aromatic heterocycles. The Bertz CT molecular complexity index is 600. The molecule has 3 atom stereocenters. The van der Waals surface area contributed by atoms with Crippen LogP contribution in [0.25, 0.3) is 0 Å². The van der Waals surface area contributed by atoms with Gasteiger partial charge >= 0.3 is 5.97 Å². The topological polar surface area (TPSA) is 76.1 Å². The molecule has 1 amide bonds. The number of ether oxygens (including phenoxy) is 2. The van der Waals surface area contributed by atoms with Crippen LogP contribution < -0.4 is 0 Å². The summed E-state index contributed by atoms with van der Waals surface area (Å²) in [7, 11) is 0. The number of nitrogens with zero attached hydrogens (tertiary/aromatic N) is 1. The van der Waals surface area contributed by atoms with E-state index in [1.165, 1.54) is 5.56 Å². The fraction of sp³-hybridized carbons (Fsp3) is 0.556. The van der Waals surface area contributed by atoms with E-state index in [1.807, 2.05) is 12.1 Å². The number of morpholine rings is 1. The molecule has 1 aromatic carbocycles. The number of amides is 1. The van der Waals surface area contributed by atoms with Crippen molar-refractivity contribution in [1.82, 2.24) is 4.90 Å². The van der Waals surface area contributed by atoms with E-state index in [0.29, 0.717) is 32.5 Å². The zero-order chi connectivity index (χ0) is 17.1. The van der Waals surface area contributed by atoms with Gasteiger partial charge in [-0.25, -0.2) is 4.79 Å². The quantitative estimate of drug-likeness (QED) is 0.909. The standard InChI is InChI=1S/C18H23NO5/c1-2-12-3-5-13(6-4-12)16-11-19(9-10-23-16)17(20)14-7-8-15(24-14)18(21)22/h3-6,14-16H,2,7-11H2,1H3,(H,21,22)/t14-,15+,16?/m0/s1. The summed E-state index contributed by atoms with van der Waals surface area (Å²) < 4.78 is 11.2. The van der Waals surface area contributed by atoms with Crippen LogP contribution in [0.2, 0.25) is 0 Å². The Morgan fingerprint density at radius 3 is 2.54 bits per heavy atom. The van der Waals surface area contributed by atoms with Crippen LogP contribution in [0.15, 0.2) is 24.3 Å². The minimum atomic E-state index is -0.999. The van der Waals surface area contributed by atoms with Crippen LogP contribution in [-0.2, 0) is 25.5 Å². The predicted octanol–water partition coefficient (Wildman–Crippen LogP) is 1.78. The largest absolute Gasteiger partial charge is 0.479 e. The number of carbonyl (C=O) groups is 2. The number of carboxylic acids is 1. The van der Waals surface area contributed by atoms with Gasteiger partial charge in [-0.05, 0) is 30.4 Å². The van der Waals surface area contributed by atoms with Crippen molar-refractivity contribution in [2.75, 3.05) is 19.7 Å². The van der Waals surface area contributed by atoms with E-state index < -0.39 is 18.2 Å². The fourth-order valence-electron chi connectivity index (χ4n) is 3.22. The van der Waals surface area contributed by atoms with E-state index in [1.54, 1.807) is 4.90 Å². The minimum absolute atomic E-state index is 0.128. The predicted molar refractivity (Wildman–Crippen MR) is 86.6 cm³/mol. The fourth-order valence-corrected chi connectivity index (χ4v) is 3.22. The van der Waals surface area contributed by atoms with Crippen molar-refractivity contribution in [3.8, 4) is 0 Å². The zero-order valence-corrected chi connectivity index (χ0v) is 13.8. The molecule has 2 aliphatic rings. The summed E-state index contributed by atoms with van der Waals surface area (Å²) in [6.45, 7) is 3.57. The molecule has 2 fully saturated rings. The van der Waals surface area contributed by atoms with Crippen molar-refractivity contribution in [2.24, 2.45) is 0 Å². The number of hydrogen-bond acceptors (Lipinski definition) is 4. The van der Waals surface area contributed by atoms with Crippen LogP contribution in [0.5, 0.6) is 0 Å². The molecular formula is C18H23NO5. The summed E-state index contributed by atoms with van der Waals surface area (Å²) in [6, 6.07) is 8.25. The molecule has 2 heterocycles. The van der Waals surface area contributed by atoms with Crippen molar-refractivity contribution in [3.63, 3.8) is 0 Å². The first-order chi connectivity index (χ1) is 11.6. The summed E-state index contributed by atoms with van der Waals surface area (Å²) in [6.07, 6.45) is 0.177. The highest BCUT2D eigenvalue weighted by Crippen LogP contribution is 2.26. The van der Waals surface area contributed by atoms with Crippen molar-refractivity contribution in [3.05, 3.63) is 35.4 Å². The maximum absolute atomic E-state index is 12.6. The third-order valence-corrected chi connectivity index (χ3v) is 4.71. The lowest BCUT2D eigenvalue weighted by Gasteiger charge is -2.34. The minimum Gasteiger partial charge on any atom is -0.479 e. The number of hydrogen-bond donors (Lipinski definition) is 1. The summed E-state index contributed by atoms with van der Waals surface area (Å²) in [5.41, 5.74) is 2.32. The van der Waals surface area contributed by atoms with Crippen molar-refractivity contribution >= 4 is 11.9 Å². The third-order valence-electron chi connectivity index (χ3n) is 4.71. The van der Waals surface area contributed by atoms with E-state index in [4.69, 9.17) is 14.6 Å². The highest BCUT2D eigenvalue weighted by atomic mass is 16.5. The average Bonchev–Trinajstić information content (AvgIpc) is 3.12. The van der Waals surface area contributed by atoms with Gasteiger partial charge in [0.15, 0.2) is 6.10 Å². The maximum atomic E-state index is 12.6. The third kappa shape index (κ3) is 3.60. The van der Waals surface area contributed by atoms with Gasteiger partial charge in [0.2, 0.25) is 0 Å². The smallest absolute Gasteiger partial charge is 0.332 e. The van der Waals surface area contributed by atoms with Gasteiger partial charge < -0.3 is 19.5 Å². The number of carbonyl (C=O) groups excluding carboxylic acids is 1. The molecule has 6 nitrogen and oxygen atoms in total. The van der Waals surface area contributed by atoms with Crippen LogP contribution in [-0.4, -0.2) is 53.8 Å². The normalized spacial score (nSPS) is 27.2. The Labute approximate surface area is 141 Å². The summed E-state index contributed by atoms with van der Waals surface area (Å²) in [5, 5.41) is 8.99. The van der Waals surface area contributed by atoms with Crippen molar-refractivity contribution in [2.45, 2.75) is 44.5 Å². The first-order valence-corrected chi connectivity index (χ1v) is 8.46. The number of carboxylic acid groups (broad SMARTS) is 1. The highest BCUT2D eigenvalue weighted by Gasteiger charge is 2.38. The molecule has 3 rings (SSSR count). The molecule has 0 spiro atoms. The first-order valence-electron chi connectivity index (χ1n) is 8.46.